The van der Waals surface area contributed by atoms with Crippen molar-refractivity contribution in [3.63, 3.8) is 0 Å². The number of hydrogen-bond donors (Lipinski definition) is 1. The van der Waals surface area contributed by atoms with E-state index in [-0.39, 0.29) is 18.0 Å². The number of benzene rings is 3. The molecule has 5 rings (SSSR count). The van der Waals surface area contributed by atoms with E-state index >= 15 is 0 Å². The number of rotatable bonds is 4. The first-order valence-corrected chi connectivity index (χ1v) is 9.74. The molecule has 1 aromatic heterocycles. The highest BCUT2D eigenvalue weighted by Crippen LogP contribution is 2.36. The zero-order valence-electron chi connectivity index (χ0n) is 15.8. The number of fused-ring (bicyclic) bond motifs is 1. The summed E-state index contributed by atoms with van der Waals surface area (Å²) in [6.45, 7) is 0. The van der Waals surface area contributed by atoms with Crippen LogP contribution < -0.4 is 9.88 Å². The summed E-state index contributed by atoms with van der Waals surface area (Å²) >= 11 is 0. The summed E-state index contributed by atoms with van der Waals surface area (Å²) in [6, 6.07) is 27.7. The number of amides is 1. The minimum Gasteiger partial charge on any atom is -0.342 e. The molecule has 2 atom stereocenters. The number of hydrogen-bond acceptors (Lipinski definition) is 2. The van der Waals surface area contributed by atoms with Crippen LogP contribution in [0.3, 0.4) is 0 Å². The van der Waals surface area contributed by atoms with E-state index in [0.29, 0.717) is 5.56 Å². The molecule has 1 aliphatic carbocycles. The Morgan fingerprint density at radius 3 is 2.41 bits per heavy atom. The first-order chi connectivity index (χ1) is 14.3. The number of carbonyl (C=O) groups excluding carboxylic acids is 1. The van der Waals surface area contributed by atoms with E-state index in [9.17, 15) is 4.79 Å². The van der Waals surface area contributed by atoms with Gasteiger partial charge in [0.1, 0.15) is 11.7 Å². The van der Waals surface area contributed by atoms with Crippen molar-refractivity contribution in [2.75, 3.05) is 0 Å². The van der Waals surface area contributed by atoms with Gasteiger partial charge in [-0.05, 0) is 35.4 Å². The molecule has 3 aromatic carbocycles. The molecule has 29 heavy (non-hydrogen) atoms. The molecule has 0 saturated heterocycles. The number of para-hydroxylation sites is 1. The van der Waals surface area contributed by atoms with E-state index in [2.05, 4.69) is 33.2 Å². The van der Waals surface area contributed by atoms with Gasteiger partial charge in [-0.25, -0.2) is 4.57 Å². The predicted octanol–water partition coefficient (Wildman–Crippen LogP) is 3.43. The molecule has 0 unspecified atom stereocenters. The Balaban J connectivity index is 1.47. The van der Waals surface area contributed by atoms with E-state index in [1.807, 2.05) is 84.1 Å². The van der Waals surface area contributed by atoms with Gasteiger partial charge in [0.25, 0.3) is 12.2 Å². The van der Waals surface area contributed by atoms with Gasteiger partial charge in [0, 0.05) is 17.1 Å². The third-order valence-electron chi connectivity index (χ3n) is 5.48. The van der Waals surface area contributed by atoms with Crippen LogP contribution in [0.5, 0.6) is 0 Å². The molecule has 0 fully saturated rings. The lowest BCUT2D eigenvalue weighted by atomic mass is 10.1. The maximum absolute atomic E-state index is 12.9. The number of carbonyl (C=O) groups is 1. The quantitative estimate of drug-likeness (QED) is 0.551. The predicted molar refractivity (Wildman–Crippen MR) is 110 cm³/mol. The Morgan fingerprint density at radius 2 is 1.62 bits per heavy atom. The summed E-state index contributed by atoms with van der Waals surface area (Å²) in [5.41, 5.74) is 4.10. The zero-order chi connectivity index (χ0) is 19.6. The van der Waals surface area contributed by atoms with Crippen LogP contribution in [0.4, 0.5) is 0 Å². The molecule has 142 valence electrons. The fraction of sp³-hybridized carbons (Fsp3) is 0.125. The van der Waals surface area contributed by atoms with Crippen molar-refractivity contribution in [2.24, 2.45) is 0 Å². The molecule has 1 heterocycles. The Hall–Kier alpha value is -3.73. The van der Waals surface area contributed by atoms with Crippen LogP contribution in [0.25, 0.3) is 5.69 Å². The molecular weight excluding hydrogens is 360 g/mol. The molecule has 0 bridgehead atoms. The Kier molecular flexibility index (Phi) is 4.41. The van der Waals surface area contributed by atoms with Gasteiger partial charge < -0.3 is 5.32 Å². The van der Waals surface area contributed by atoms with E-state index in [1.165, 1.54) is 11.1 Å². The van der Waals surface area contributed by atoms with Gasteiger partial charge in [-0.1, -0.05) is 65.3 Å². The highest BCUT2D eigenvalue weighted by Gasteiger charge is 2.37. The summed E-state index contributed by atoms with van der Waals surface area (Å²) < 4.78 is 3.96. The normalized spacial score (nSPS) is 17.7. The standard InChI is InChI=1S/C24H20N4O/c29-24(18-9-3-1-4-10-18)26-23-21-14-8-7-11-19(21)15-22(23)27-16-25-28(17-27)20-12-5-2-6-13-20/h1-14,16-17,22-23H,15H2/p+1/t22-,23-/m1/s1. The topological polar surface area (TPSA) is 50.8 Å². The first-order valence-electron chi connectivity index (χ1n) is 9.74. The van der Waals surface area contributed by atoms with E-state index in [4.69, 9.17) is 0 Å². The van der Waals surface area contributed by atoms with Gasteiger partial charge in [0.2, 0.25) is 6.33 Å². The second-order valence-electron chi connectivity index (χ2n) is 7.26. The van der Waals surface area contributed by atoms with Crippen molar-refractivity contribution in [1.29, 1.82) is 0 Å². The Bertz CT molecular complexity index is 1140. The molecule has 0 saturated carbocycles. The largest absolute Gasteiger partial charge is 0.342 e. The van der Waals surface area contributed by atoms with Crippen LogP contribution in [0.2, 0.25) is 0 Å². The highest BCUT2D eigenvalue weighted by molar-refractivity contribution is 5.94. The van der Waals surface area contributed by atoms with Gasteiger partial charge >= 0.3 is 0 Å². The molecular formula is C24H21N4O+. The van der Waals surface area contributed by atoms with Crippen molar-refractivity contribution < 1.29 is 9.36 Å². The maximum Gasteiger partial charge on any atom is 0.265 e. The summed E-state index contributed by atoms with van der Waals surface area (Å²) in [5, 5.41) is 7.78. The Labute approximate surface area is 169 Å². The second-order valence-corrected chi connectivity index (χ2v) is 7.26. The third-order valence-corrected chi connectivity index (χ3v) is 5.48. The Morgan fingerprint density at radius 1 is 0.931 bits per heavy atom. The minimum atomic E-state index is -0.114. The van der Waals surface area contributed by atoms with Crippen LogP contribution in [-0.2, 0) is 6.42 Å². The molecule has 0 radical (unpaired) electrons. The number of nitrogens with zero attached hydrogens (tertiary/aromatic N) is 3. The minimum absolute atomic E-state index is 0.0617. The monoisotopic (exact) mass is 381 g/mol. The molecule has 5 nitrogen and oxygen atoms in total. The van der Waals surface area contributed by atoms with E-state index in [0.717, 1.165) is 12.1 Å². The summed E-state index contributed by atoms with van der Waals surface area (Å²) in [4.78, 5) is 12.9. The lowest BCUT2D eigenvalue weighted by Gasteiger charge is -2.20. The van der Waals surface area contributed by atoms with Crippen LogP contribution in [0, 0.1) is 0 Å². The molecule has 0 aliphatic heterocycles. The lowest BCUT2D eigenvalue weighted by molar-refractivity contribution is -0.725. The van der Waals surface area contributed by atoms with Gasteiger partial charge in [-0.2, -0.15) is 0 Å². The summed E-state index contributed by atoms with van der Waals surface area (Å²) in [7, 11) is 0. The summed E-state index contributed by atoms with van der Waals surface area (Å²) in [6.07, 6.45) is 4.68. The fourth-order valence-corrected chi connectivity index (χ4v) is 4.03. The molecule has 1 aliphatic rings. The molecule has 5 heteroatoms. The van der Waals surface area contributed by atoms with Gasteiger partial charge in [-0.3, -0.25) is 4.79 Å². The van der Waals surface area contributed by atoms with Gasteiger partial charge in [-0.15, -0.1) is 0 Å². The van der Waals surface area contributed by atoms with Crippen molar-refractivity contribution in [3.05, 3.63) is 114 Å². The van der Waals surface area contributed by atoms with Crippen molar-refractivity contribution >= 4 is 5.91 Å². The van der Waals surface area contributed by atoms with Gasteiger partial charge in [0.05, 0.1) is 6.04 Å². The third kappa shape index (κ3) is 3.31. The summed E-state index contributed by atoms with van der Waals surface area (Å²) in [5.74, 6) is -0.0617. The molecule has 0 spiro atoms. The second kappa shape index (κ2) is 7.36. The van der Waals surface area contributed by atoms with Crippen LogP contribution >= 0.6 is 0 Å². The van der Waals surface area contributed by atoms with Crippen LogP contribution in [0.15, 0.2) is 97.6 Å². The van der Waals surface area contributed by atoms with Gasteiger partial charge in [0.15, 0.2) is 0 Å². The maximum atomic E-state index is 12.9. The number of aromatic nitrogens is 3. The SMILES string of the molecule is O=C(N[C@@H]1c2ccccc2C[C@H]1[n+]1cnn(-c2ccccc2)c1)c1ccccc1. The smallest absolute Gasteiger partial charge is 0.265 e. The average molecular weight is 381 g/mol. The van der Waals surface area contributed by atoms with Crippen LogP contribution in [0.1, 0.15) is 33.6 Å². The highest BCUT2D eigenvalue weighted by atomic mass is 16.1. The fourth-order valence-electron chi connectivity index (χ4n) is 4.03. The average Bonchev–Trinajstić information content (AvgIpc) is 3.40. The van der Waals surface area contributed by atoms with Crippen LogP contribution in [-0.4, -0.2) is 15.7 Å². The van der Waals surface area contributed by atoms with E-state index in [1.54, 1.807) is 0 Å². The molecule has 4 aromatic rings. The molecule has 1 N–H and O–H groups in total. The molecule has 1 amide bonds. The van der Waals surface area contributed by atoms with E-state index < -0.39 is 0 Å². The first kappa shape index (κ1) is 17.4. The lowest BCUT2D eigenvalue weighted by Crippen LogP contribution is -2.45. The van der Waals surface area contributed by atoms with Crippen molar-refractivity contribution in [1.82, 2.24) is 15.1 Å². The zero-order valence-corrected chi connectivity index (χ0v) is 15.8. The number of nitrogens with one attached hydrogen (secondary N) is 1. The van der Waals surface area contributed by atoms with Crippen molar-refractivity contribution in [2.45, 2.75) is 18.5 Å². The van der Waals surface area contributed by atoms with Crippen molar-refractivity contribution in [3.8, 4) is 5.69 Å².